The van der Waals surface area contributed by atoms with Gasteiger partial charge in [-0.25, -0.2) is 8.42 Å². The highest BCUT2D eigenvalue weighted by Gasteiger charge is 2.20. The van der Waals surface area contributed by atoms with Crippen LogP contribution in [0.15, 0.2) is 29.3 Å². The molecule has 0 aliphatic heterocycles. The summed E-state index contributed by atoms with van der Waals surface area (Å²) in [5, 5.41) is 0.981. The maximum absolute atomic E-state index is 12.2. The van der Waals surface area contributed by atoms with Gasteiger partial charge in [-0.05, 0) is 24.5 Å². The zero-order valence-corrected chi connectivity index (χ0v) is 11.1. The first-order valence-electron chi connectivity index (χ1n) is 5.71. The standard InChI is InChI=1S/C13H17NO2S/c1-9(2)8-17(15,16)12-6-4-5-11-10(3)7-14-13(11)12/h4-7,9,14H,8H2,1-3H3. The minimum absolute atomic E-state index is 0.131. The second-order valence-electron chi connectivity index (χ2n) is 4.83. The lowest BCUT2D eigenvalue weighted by Gasteiger charge is -2.08. The second kappa shape index (κ2) is 4.18. The Labute approximate surface area is 102 Å². The molecule has 0 spiro atoms. The lowest BCUT2D eigenvalue weighted by molar-refractivity contribution is 0.583. The summed E-state index contributed by atoms with van der Waals surface area (Å²) in [7, 11) is -3.20. The molecule has 2 aromatic rings. The molecule has 3 nitrogen and oxygen atoms in total. The van der Waals surface area contributed by atoms with Crippen LogP contribution >= 0.6 is 0 Å². The number of fused-ring (bicyclic) bond motifs is 1. The molecular weight excluding hydrogens is 234 g/mol. The van der Waals surface area contributed by atoms with E-state index in [9.17, 15) is 8.42 Å². The Bertz CT molecular complexity index is 638. The maximum Gasteiger partial charge on any atom is 0.180 e. The van der Waals surface area contributed by atoms with E-state index in [0.717, 1.165) is 16.5 Å². The van der Waals surface area contributed by atoms with Gasteiger partial charge in [-0.15, -0.1) is 0 Å². The molecule has 0 saturated carbocycles. The van der Waals surface area contributed by atoms with E-state index in [-0.39, 0.29) is 11.7 Å². The van der Waals surface area contributed by atoms with Gasteiger partial charge >= 0.3 is 0 Å². The smallest absolute Gasteiger partial charge is 0.180 e. The minimum Gasteiger partial charge on any atom is -0.360 e. The van der Waals surface area contributed by atoms with Gasteiger partial charge in [-0.2, -0.15) is 0 Å². The molecule has 0 atom stereocenters. The number of benzene rings is 1. The van der Waals surface area contributed by atoms with Gasteiger partial charge in [0.1, 0.15) is 0 Å². The van der Waals surface area contributed by atoms with Crippen molar-refractivity contribution in [1.29, 1.82) is 0 Å². The molecule has 0 saturated heterocycles. The summed E-state index contributed by atoms with van der Waals surface area (Å²) in [4.78, 5) is 3.47. The third-order valence-electron chi connectivity index (χ3n) is 2.77. The summed E-state index contributed by atoms with van der Waals surface area (Å²) >= 11 is 0. The van der Waals surface area contributed by atoms with Crippen LogP contribution < -0.4 is 0 Å². The van der Waals surface area contributed by atoms with Crippen LogP contribution in [0.1, 0.15) is 19.4 Å². The highest BCUT2D eigenvalue weighted by molar-refractivity contribution is 7.91. The summed E-state index contributed by atoms with van der Waals surface area (Å²) in [6.07, 6.45) is 1.85. The quantitative estimate of drug-likeness (QED) is 0.911. The fraction of sp³-hybridized carbons (Fsp3) is 0.385. The van der Waals surface area contributed by atoms with E-state index in [0.29, 0.717) is 4.90 Å². The third-order valence-corrected chi connectivity index (χ3v) is 4.89. The number of H-pyrrole nitrogens is 1. The average molecular weight is 251 g/mol. The van der Waals surface area contributed by atoms with Crippen LogP contribution in [0.3, 0.4) is 0 Å². The molecule has 1 N–H and O–H groups in total. The number of para-hydroxylation sites is 1. The summed E-state index contributed by atoms with van der Waals surface area (Å²) < 4.78 is 24.5. The molecule has 2 rings (SSSR count). The molecule has 0 aliphatic carbocycles. The molecular formula is C13H17NO2S. The Kier molecular flexibility index (Phi) is 3.00. The van der Waals surface area contributed by atoms with Crippen LogP contribution in [0.4, 0.5) is 0 Å². The van der Waals surface area contributed by atoms with Gasteiger partial charge in [0.15, 0.2) is 9.84 Å². The van der Waals surface area contributed by atoms with Crippen molar-refractivity contribution in [3.8, 4) is 0 Å². The Hall–Kier alpha value is -1.29. The first-order valence-corrected chi connectivity index (χ1v) is 7.36. The number of hydrogen-bond acceptors (Lipinski definition) is 2. The number of aromatic amines is 1. The van der Waals surface area contributed by atoms with Gasteiger partial charge in [0, 0.05) is 11.6 Å². The van der Waals surface area contributed by atoms with Gasteiger partial charge in [0.2, 0.25) is 0 Å². The zero-order valence-electron chi connectivity index (χ0n) is 10.3. The molecule has 1 heterocycles. The SMILES string of the molecule is Cc1c[nH]c2c(S(=O)(=O)CC(C)C)cccc12. The number of rotatable bonds is 3. The maximum atomic E-state index is 12.2. The van der Waals surface area contributed by atoms with Crippen molar-refractivity contribution in [3.63, 3.8) is 0 Å². The molecule has 0 fully saturated rings. The van der Waals surface area contributed by atoms with Crippen LogP contribution in [-0.4, -0.2) is 19.2 Å². The normalized spacial score (nSPS) is 12.5. The van der Waals surface area contributed by atoms with E-state index in [4.69, 9.17) is 0 Å². The Morgan fingerprint density at radius 1 is 1.29 bits per heavy atom. The van der Waals surface area contributed by atoms with E-state index in [1.54, 1.807) is 12.1 Å². The van der Waals surface area contributed by atoms with Gasteiger partial charge in [-0.1, -0.05) is 26.0 Å². The molecule has 0 aliphatic rings. The summed E-state index contributed by atoms with van der Waals surface area (Å²) in [6, 6.07) is 5.42. The zero-order chi connectivity index (χ0) is 12.6. The molecule has 0 unspecified atom stereocenters. The third kappa shape index (κ3) is 2.22. The van der Waals surface area contributed by atoms with Crippen molar-refractivity contribution in [1.82, 2.24) is 4.98 Å². The predicted molar refractivity (Wildman–Crippen MR) is 69.9 cm³/mol. The molecule has 0 radical (unpaired) electrons. The topological polar surface area (TPSA) is 49.9 Å². The van der Waals surface area contributed by atoms with E-state index in [1.165, 1.54) is 0 Å². The Morgan fingerprint density at radius 2 is 2.00 bits per heavy atom. The molecule has 1 aromatic carbocycles. The summed E-state index contributed by atoms with van der Waals surface area (Å²) in [6.45, 7) is 5.80. The Balaban J connectivity index is 2.64. The number of aromatic nitrogens is 1. The van der Waals surface area contributed by atoms with Gasteiger partial charge in [0.05, 0.1) is 16.2 Å². The van der Waals surface area contributed by atoms with Crippen LogP contribution in [-0.2, 0) is 9.84 Å². The largest absolute Gasteiger partial charge is 0.360 e. The van der Waals surface area contributed by atoms with E-state index < -0.39 is 9.84 Å². The van der Waals surface area contributed by atoms with Crippen LogP contribution in [0.25, 0.3) is 10.9 Å². The lowest BCUT2D eigenvalue weighted by atomic mass is 10.2. The number of aryl methyl sites for hydroxylation is 1. The molecule has 17 heavy (non-hydrogen) atoms. The highest BCUT2D eigenvalue weighted by Crippen LogP contribution is 2.26. The minimum atomic E-state index is -3.20. The summed E-state index contributed by atoms with van der Waals surface area (Å²) in [5.41, 5.74) is 1.80. The van der Waals surface area contributed by atoms with Crippen LogP contribution in [0.5, 0.6) is 0 Å². The molecule has 92 valence electrons. The highest BCUT2D eigenvalue weighted by atomic mass is 32.2. The van der Waals surface area contributed by atoms with E-state index in [1.807, 2.05) is 33.0 Å². The average Bonchev–Trinajstić information content (AvgIpc) is 2.58. The number of nitrogens with one attached hydrogen (secondary N) is 1. The number of sulfone groups is 1. The Morgan fingerprint density at radius 3 is 2.65 bits per heavy atom. The molecule has 4 heteroatoms. The summed E-state index contributed by atoms with van der Waals surface area (Å²) in [5.74, 6) is 0.316. The van der Waals surface area contributed by atoms with Crippen molar-refractivity contribution in [2.75, 3.05) is 5.75 Å². The first kappa shape index (κ1) is 12.2. The van der Waals surface area contributed by atoms with Crippen molar-refractivity contribution in [2.45, 2.75) is 25.7 Å². The van der Waals surface area contributed by atoms with Gasteiger partial charge in [-0.3, -0.25) is 0 Å². The lowest BCUT2D eigenvalue weighted by Crippen LogP contribution is -2.12. The van der Waals surface area contributed by atoms with Gasteiger partial charge < -0.3 is 4.98 Å². The molecule has 0 amide bonds. The number of hydrogen-bond donors (Lipinski definition) is 1. The monoisotopic (exact) mass is 251 g/mol. The van der Waals surface area contributed by atoms with Crippen molar-refractivity contribution < 1.29 is 8.42 Å². The van der Waals surface area contributed by atoms with Crippen molar-refractivity contribution in [2.24, 2.45) is 5.92 Å². The second-order valence-corrected chi connectivity index (χ2v) is 6.83. The van der Waals surface area contributed by atoms with E-state index >= 15 is 0 Å². The molecule has 0 bridgehead atoms. The fourth-order valence-corrected chi connectivity index (χ4v) is 3.88. The predicted octanol–water partition coefficient (Wildman–Crippen LogP) is 2.91. The van der Waals surface area contributed by atoms with Crippen molar-refractivity contribution in [3.05, 3.63) is 30.0 Å². The van der Waals surface area contributed by atoms with Gasteiger partial charge in [0.25, 0.3) is 0 Å². The fourth-order valence-electron chi connectivity index (χ4n) is 2.05. The van der Waals surface area contributed by atoms with Crippen LogP contribution in [0, 0.1) is 12.8 Å². The van der Waals surface area contributed by atoms with Crippen LogP contribution in [0.2, 0.25) is 0 Å². The first-order chi connectivity index (χ1) is 7.92. The van der Waals surface area contributed by atoms with Crippen molar-refractivity contribution >= 4 is 20.7 Å². The van der Waals surface area contributed by atoms with E-state index in [2.05, 4.69) is 4.98 Å². The molecule has 1 aromatic heterocycles.